The smallest absolute Gasteiger partial charge is 0.416 e. The van der Waals surface area contributed by atoms with Crippen LogP contribution in [0.25, 0.3) is 0 Å². The van der Waals surface area contributed by atoms with Gasteiger partial charge in [-0.1, -0.05) is 41.9 Å². The van der Waals surface area contributed by atoms with E-state index in [1.165, 1.54) is 0 Å². The molecule has 0 saturated heterocycles. The van der Waals surface area contributed by atoms with Gasteiger partial charge in [-0.05, 0) is 23.8 Å². The Morgan fingerprint density at radius 1 is 1.17 bits per heavy atom. The van der Waals surface area contributed by atoms with Crippen molar-refractivity contribution >= 4 is 17.6 Å². The van der Waals surface area contributed by atoms with E-state index in [9.17, 15) is 18.0 Å². The second-order valence-corrected chi connectivity index (χ2v) is 5.34. The van der Waals surface area contributed by atoms with Crippen LogP contribution in [-0.4, -0.2) is 13.1 Å². The van der Waals surface area contributed by atoms with E-state index in [0.717, 1.165) is 30.9 Å². The third-order valence-electron chi connectivity index (χ3n) is 3.28. The third-order valence-corrected chi connectivity index (χ3v) is 3.62. The molecule has 2 aromatic carbocycles. The fraction of sp³-hybridized carbons (Fsp3) is 0.235. The van der Waals surface area contributed by atoms with Gasteiger partial charge in [0.25, 0.3) is 0 Å². The van der Waals surface area contributed by atoms with E-state index in [0.29, 0.717) is 0 Å². The molecule has 0 aliphatic heterocycles. The molecule has 0 saturated carbocycles. The van der Waals surface area contributed by atoms with Gasteiger partial charge in [-0.2, -0.15) is 13.2 Å². The van der Waals surface area contributed by atoms with Crippen molar-refractivity contribution in [1.82, 2.24) is 0 Å². The normalized spacial score (nSPS) is 12.7. The van der Waals surface area contributed by atoms with Crippen molar-refractivity contribution in [3.05, 3.63) is 70.2 Å². The van der Waals surface area contributed by atoms with Crippen LogP contribution in [0.1, 0.15) is 22.8 Å². The fourth-order valence-corrected chi connectivity index (χ4v) is 2.28. The van der Waals surface area contributed by atoms with Crippen LogP contribution in [0, 0.1) is 0 Å². The lowest BCUT2D eigenvalue weighted by Crippen LogP contribution is -2.19. The quantitative estimate of drug-likeness (QED) is 0.721. The highest BCUT2D eigenvalue weighted by Gasteiger charge is 2.33. The van der Waals surface area contributed by atoms with Crippen LogP contribution in [0.4, 0.5) is 13.2 Å². The monoisotopic (exact) mass is 358 g/mol. The van der Waals surface area contributed by atoms with Crippen molar-refractivity contribution in [1.29, 1.82) is 0 Å². The Morgan fingerprint density at radius 3 is 2.42 bits per heavy atom. The van der Waals surface area contributed by atoms with Crippen molar-refractivity contribution in [3.8, 4) is 0 Å². The van der Waals surface area contributed by atoms with Crippen molar-refractivity contribution in [2.24, 2.45) is 0 Å². The Kier molecular flexibility index (Phi) is 5.85. The van der Waals surface area contributed by atoms with Gasteiger partial charge in [-0.25, -0.2) is 4.79 Å². The van der Waals surface area contributed by atoms with Crippen LogP contribution in [0.5, 0.6) is 0 Å². The highest BCUT2D eigenvalue weighted by Crippen LogP contribution is 2.35. The minimum atomic E-state index is -4.56. The van der Waals surface area contributed by atoms with Crippen molar-refractivity contribution in [2.45, 2.75) is 18.9 Å². The fourth-order valence-electron chi connectivity index (χ4n) is 2.07. The maximum atomic E-state index is 12.9. The van der Waals surface area contributed by atoms with Crippen LogP contribution in [0.3, 0.4) is 0 Å². The first-order chi connectivity index (χ1) is 11.3. The lowest BCUT2D eigenvalue weighted by atomic mass is 10.1. The first-order valence-corrected chi connectivity index (χ1v) is 7.30. The van der Waals surface area contributed by atoms with Crippen LogP contribution in [0.15, 0.2) is 48.5 Å². The lowest BCUT2D eigenvalue weighted by Gasteiger charge is -2.19. The predicted octanol–water partition coefficient (Wildman–Crippen LogP) is 4.79. The van der Waals surface area contributed by atoms with Crippen molar-refractivity contribution in [2.75, 3.05) is 7.11 Å². The number of ether oxygens (including phenoxy) is 2. The number of hydrogen-bond acceptors (Lipinski definition) is 3. The molecule has 2 rings (SSSR count). The molecular formula is C17H14ClF3O3. The summed E-state index contributed by atoms with van der Waals surface area (Å²) in [5.74, 6) is -0.827. The molecule has 0 bridgehead atoms. The van der Waals surface area contributed by atoms with Gasteiger partial charge in [0.1, 0.15) is 0 Å². The summed E-state index contributed by atoms with van der Waals surface area (Å²) in [5.41, 5.74) is -0.247. The third kappa shape index (κ3) is 4.49. The van der Waals surface area contributed by atoms with Gasteiger partial charge in [-0.15, -0.1) is 0 Å². The maximum Gasteiger partial charge on any atom is 0.416 e. The summed E-state index contributed by atoms with van der Waals surface area (Å²) in [6.07, 6.45) is -5.91. The maximum absolute atomic E-state index is 12.9. The number of halogens is 4. The summed E-state index contributed by atoms with van der Waals surface area (Å²) >= 11 is 5.97. The number of methoxy groups -OCH3 is 1. The molecule has 0 fully saturated rings. The molecule has 0 radical (unpaired) electrons. The molecule has 24 heavy (non-hydrogen) atoms. The molecule has 128 valence electrons. The summed E-state index contributed by atoms with van der Waals surface area (Å²) < 4.78 is 48.8. The lowest BCUT2D eigenvalue weighted by molar-refractivity contribution is -0.156. The Hall–Kier alpha value is -2.05. The number of carbonyl (C=O) groups excluding carboxylic acids is 1. The Bertz CT molecular complexity index is 702. The number of carbonyl (C=O) groups is 1. The number of benzene rings is 2. The Morgan fingerprint density at radius 2 is 1.83 bits per heavy atom. The van der Waals surface area contributed by atoms with E-state index >= 15 is 0 Å². The highest BCUT2D eigenvalue weighted by atomic mass is 35.5. The van der Waals surface area contributed by atoms with Gasteiger partial charge < -0.3 is 9.47 Å². The van der Waals surface area contributed by atoms with E-state index in [-0.39, 0.29) is 17.2 Å². The zero-order valence-corrected chi connectivity index (χ0v) is 13.4. The second kappa shape index (κ2) is 7.68. The Balaban J connectivity index is 2.32. The number of hydrogen-bond donors (Lipinski definition) is 0. The summed E-state index contributed by atoms with van der Waals surface area (Å²) in [7, 11) is 1.13. The number of rotatable bonds is 5. The van der Waals surface area contributed by atoms with Crippen LogP contribution in [0.2, 0.25) is 5.02 Å². The topological polar surface area (TPSA) is 35.5 Å². The minimum absolute atomic E-state index is 0.00791. The highest BCUT2D eigenvalue weighted by molar-refractivity contribution is 6.31. The molecule has 3 nitrogen and oxygen atoms in total. The average Bonchev–Trinajstić information content (AvgIpc) is 2.56. The Labute approximate surface area is 142 Å². The van der Waals surface area contributed by atoms with Gasteiger partial charge in [0.15, 0.2) is 6.10 Å². The van der Waals surface area contributed by atoms with E-state index in [2.05, 4.69) is 4.74 Å². The van der Waals surface area contributed by atoms with E-state index in [1.54, 1.807) is 24.3 Å². The molecule has 0 amide bonds. The molecule has 0 aliphatic rings. The van der Waals surface area contributed by atoms with Gasteiger partial charge in [0.2, 0.25) is 0 Å². The van der Waals surface area contributed by atoms with Crippen LogP contribution >= 0.6 is 11.6 Å². The molecule has 0 N–H and O–H groups in total. The molecule has 1 atom stereocenters. The van der Waals surface area contributed by atoms with E-state index < -0.39 is 23.8 Å². The molecular weight excluding hydrogens is 345 g/mol. The zero-order chi connectivity index (χ0) is 17.7. The van der Waals surface area contributed by atoms with Gasteiger partial charge >= 0.3 is 12.1 Å². The summed E-state index contributed by atoms with van der Waals surface area (Å²) in [5, 5.41) is -0.00791. The van der Waals surface area contributed by atoms with E-state index in [1.807, 2.05) is 6.07 Å². The molecule has 7 heteroatoms. The molecule has 1 unspecified atom stereocenters. The molecule has 0 heterocycles. The first-order valence-electron chi connectivity index (χ1n) is 6.93. The van der Waals surface area contributed by atoms with Crippen LogP contribution < -0.4 is 0 Å². The van der Waals surface area contributed by atoms with Crippen molar-refractivity contribution in [3.63, 3.8) is 0 Å². The van der Waals surface area contributed by atoms with Crippen molar-refractivity contribution < 1.29 is 27.4 Å². The van der Waals surface area contributed by atoms with Crippen LogP contribution in [-0.2, 0) is 27.1 Å². The number of esters is 1. The number of alkyl halides is 3. The first kappa shape index (κ1) is 18.3. The summed E-state index contributed by atoms with van der Waals surface area (Å²) in [6, 6.07) is 11.6. The average molecular weight is 359 g/mol. The molecule has 2 aromatic rings. The van der Waals surface area contributed by atoms with Gasteiger partial charge in [0, 0.05) is 10.6 Å². The minimum Gasteiger partial charge on any atom is -0.467 e. The predicted molar refractivity (Wildman–Crippen MR) is 82.4 cm³/mol. The van der Waals surface area contributed by atoms with Gasteiger partial charge in [0.05, 0.1) is 19.3 Å². The molecule has 0 spiro atoms. The molecule has 0 aromatic heterocycles. The standard InChI is InChI=1S/C17H14ClF3O3/c1-23-16(22)15(24-10-11-5-3-2-4-6-11)13-9-12(17(19,20)21)7-8-14(13)18/h2-9,15H,10H2,1H3. The van der Waals surface area contributed by atoms with Gasteiger partial charge in [-0.3, -0.25) is 0 Å². The second-order valence-electron chi connectivity index (χ2n) is 4.93. The van der Waals surface area contributed by atoms with E-state index in [4.69, 9.17) is 16.3 Å². The summed E-state index contributed by atoms with van der Waals surface area (Å²) in [4.78, 5) is 12.0. The SMILES string of the molecule is COC(=O)C(OCc1ccccc1)c1cc(C(F)(F)F)ccc1Cl. The summed E-state index contributed by atoms with van der Waals surface area (Å²) in [6.45, 7) is 0.0210. The molecule has 0 aliphatic carbocycles. The largest absolute Gasteiger partial charge is 0.467 e. The zero-order valence-electron chi connectivity index (χ0n) is 12.6.